The quantitative estimate of drug-likeness (QED) is 0.376. The fourth-order valence-corrected chi connectivity index (χ4v) is 2.25. The maximum atomic E-state index is 11.5. The average molecular weight is 266 g/mol. The average Bonchev–Trinajstić information content (AvgIpc) is 2.46. The highest BCUT2D eigenvalue weighted by Gasteiger charge is 2.12. The Morgan fingerprint density at radius 2 is 1.80 bits per heavy atom. The number of benzene rings is 1. The summed E-state index contributed by atoms with van der Waals surface area (Å²) in [6.07, 6.45) is 3.97. The second-order valence-electron chi connectivity index (χ2n) is 4.84. The van der Waals surface area contributed by atoms with E-state index >= 15 is 0 Å². The fraction of sp³-hybridized carbons (Fsp3) is 0.211. The van der Waals surface area contributed by atoms with Crippen molar-refractivity contribution in [1.29, 1.82) is 0 Å². The zero-order valence-electron chi connectivity index (χ0n) is 12.4. The van der Waals surface area contributed by atoms with Crippen molar-refractivity contribution in [1.82, 2.24) is 0 Å². The van der Waals surface area contributed by atoms with Crippen molar-refractivity contribution in [2.45, 2.75) is 26.7 Å². The maximum Gasteiger partial charge on any atom is 0.146 e. The van der Waals surface area contributed by atoms with Crippen LogP contribution in [-0.4, -0.2) is 6.29 Å². The van der Waals surface area contributed by atoms with Crippen LogP contribution in [0.15, 0.2) is 61.2 Å². The van der Waals surface area contributed by atoms with Gasteiger partial charge in [0.2, 0.25) is 0 Å². The van der Waals surface area contributed by atoms with E-state index in [1.165, 1.54) is 0 Å². The third kappa shape index (κ3) is 3.67. The second kappa shape index (κ2) is 7.44. The highest BCUT2D eigenvalue weighted by Crippen LogP contribution is 2.30. The zero-order chi connectivity index (χ0) is 15.1. The fourth-order valence-electron chi connectivity index (χ4n) is 2.25. The molecule has 0 saturated carbocycles. The number of carbonyl (C=O) groups is 1. The molecule has 0 aliphatic heterocycles. The summed E-state index contributed by atoms with van der Waals surface area (Å²) in [7, 11) is 0. The lowest BCUT2D eigenvalue weighted by molar-refractivity contribution is -0.104. The normalized spacial score (nSPS) is 11.5. The molecule has 0 fully saturated rings. The Balaban J connectivity index is 3.43. The molecule has 0 heterocycles. The molecule has 0 spiro atoms. The predicted molar refractivity (Wildman–Crippen MR) is 88.4 cm³/mol. The van der Waals surface area contributed by atoms with Gasteiger partial charge in [-0.15, -0.1) is 0 Å². The SMILES string of the molecule is C=CC(=C)CC(C=O)=C(CC)c1ccccc1C(=C)C. The molecule has 1 aromatic rings. The van der Waals surface area contributed by atoms with Crippen LogP contribution in [0.5, 0.6) is 0 Å². The van der Waals surface area contributed by atoms with Crippen molar-refractivity contribution in [2.75, 3.05) is 0 Å². The van der Waals surface area contributed by atoms with Gasteiger partial charge in [0.05, 0.1) is 0 Å². The molecule has 1 rings (SSSR count). The molecule has 0 aliphatic rings. The Morgan fingerprint density at radius 1 is 1.20 bits per heavy atom. The van der Waals surface area contributed by atoms with Crippen LogP contribution in [0.2, 0.25) is 0 Å². The Morgan fingerprint density at radius 3 is 2.25 bits per heavy atom. The molecule has 0 atom stereocenters. The number of rotatable bonds is 7. The van der Waals surface area contributed by atoms with Crippen LogP contribution in [0.25, 0.3) is 11.1 Å². The number of allylic oxidation sites excluding steroid dienone is 5. The summed E-state index contributed by atoms with van der Waals surface area (Å²) in [6.45, 7) is 15.7. The lowest BCUT2D eigenvalue weighted by Crippen LogP contribution is -1.98. The van der Waals surface area contributed by atoms with E-state index in [1.807, 2.05) is 31.2 Å². The molecular weight excluding hydrogens is 244 g/mol. The van der Waals surface area contributed by atoms with E-state index in [0.717, 1.165) is 46.1 Å². The molecule has 0 bridgehead atoms. The molecule has 104 valence electrons. The first-order valence-electron chi connectivity index (χ1n) is 6.77. The van der Waals surface area contributed by atoms with E-state index in [2.05, 4.69) is 26.7 Å². The smallest absolute Gasteiger partial charge is 0.146 e. The van der Waals surface area contributed by atoms with Crippen LogP contribution in [0.1, 0.15) is 37.8 Å². The third-order valence-electron chi connectivity index (χ3n) is 3.30. The number of aldehydes is 1. The monoisotopic (exact) mass is 266 g/mol. The first-order valence-corrected chi connectivity index (χ1v) is 6.77. The van der Waals surface area contributed by atoms with Crippen molar-refractivity contribution in [3.05, 3.63) is 72.4 Å². The van der Waals surface area contributed by atoms with Crippen LogP contribution in [0.4, 0.5) is 0 Å². The topological polar surface area (TPSA) is 17.1 Å². The van der Waals surface area contributed by atoms with Gasteiger partial charge >= 0.3 is 0 Å². The molecule has 0 aromatic heterocycles. The molecule has 0 N–H and O–H groups in total. The molecule has 0 saturated heterocycles. The van der Waals surface area contributed by atoms with Crippen LogP contribution >= 0.6 is 0 Å². The first kappa shape index (κ1) is 15.9. The predicted octanol–water partition coefficient (Wildman–Crippen LogP) is 5.21. The van der Waals surface area contributed by atoms with Gasteiger partial charge in [0.25, 0.3) is 0 Å². The minimum Gasteiger partial charge on any atom is -0.298 e. The van der Waals surface area contributed by atoms with Gasteiger partial charge in [0.1, 0.15) is 6.29 Å². The van der Waals surface area contributed by atoms with Gasteiger partial charge in [0.15, 0.2) is 0 Å². The number of carbonyl (C=O) groups excluding carboxylic acids is 1. The van der Waals surface area contributed by atoms with Crippen molar-refractivity contribution >= 4 is 17.4 Å². The largest absolute Gasteiger partial charge is 0.298 e. The van der Waals surface area contributed by atoms with Crippen LogP contribution in [-0.2, 0) is 4.79 Å². The highest BCUT2D eigenvalue weighted by atomic mass is 16.1. The van der Waals surface area contributed by atoms with E-state index in [0.29, 0.717) is 6.42 Å². The number of hydrogen-bond acceptors (Lipinski definition) is 1. The Kier molecular flexibility index (Phi) is 5.92. The molecule has 0 amide bonds. The molecule has 1 nitrogen and oxygen atoms in total. The van der Waals surface area contributed by atoms with Crippen LogP contribution < -0.4 is 0 Å². The summed E-state index contributed by atoms with van der Waals surface area (Å²) < 4.78 is 0. The van der Waals surface area contributed by atoms with Gasteiger partial charge in [0, 0.05) is 12.0 Å². The number of hydrogen-bond donors (Lipinski definition) is 0. The van der Waals surface area contributed by atoms with Crippen LogP contribution in [0.3, 0.4) is 0 Å². The Hall–Kier alpha value is -2.15. The van der Waals surface area contributed by atoms with Gasteiger partial charge < -0.3 is 0 Å². The molecule has 0 aliphatic carbocycles. The molecule has 0 unspecified atom stereocenters. The van der Waals surface area contributed by atoms with Gasteiger partial charge in [-0.3, -0.25) is 4.79 Å². The minimum absolute atomic E-state index is 0.542. The van der Waals surface area contributed by atoms with Gasteiger partial charge in [-0.05, 0) is 30.0 Å². The van der Waals surface area contributed by atoms with Gasteiger partial charge in [-0.2, -0.15) is 0 Å². The van der Waals surface area contributed by atoms with Gasteiger partial charge in [-0.25, -0.2) is 0 Å². The van der Waals surface area contributed by atoms with E-state index in [1.54, 1.807) is 6.08 Å². The van der Waals surface area contributed by atoms with E-state index in [9.17, 15) is 4.79 Å². The summed E-state index contributed by atoms with van der Waals surface area (Å²) >= 11 is 0. The molecule has 1 aromatic carbocycles. The molecule has 20 heavy (non-hydrogen) atoms. The second-order valence-corrected chi connectivity index (χ2v) is 4.84. The van der Waals surface area contributed by atoms with Crippen molar-refractivity contribution in [3.8, 4) is 0 Å². The lowest BCUT2D eigenvalue weighted by Gasteiger charge is -2.15. The lowest BCUT2D eigenvalue weighted by atomic mass is 9.89. The summed E-state index contributed by atoms with van der Waals surface area (Å²) in [5, 5.41) is 0. The summed E-state index contributed by atoms with van der Waals surface area (Å²) in [4.78, 5) is 11.5. The molecule has 1 heteroatoms. The van der Waals surface area contributed by atoms with E-state index in [4.69, 9.17) is 0 Å². The zero-order valence-corrected chi connectivity index (χ0v) is 12.4. The molecular formula is C19H22O. The van der Waals surface area contributed by atoms with Crippen molar-refractivity contribution in [3.63, 3.8) is 0 Å². The summed E-state index contributed by atoms with van der Waals surface area (Å²) in [5.74, 6) is 0. The maximum absolute atomic E-state index is 11.5. The summed E-state index contributed by atoms with van der Waals surface area (Å²) in [6, 6.07) is 8.06. The molecule has 0 radical (unpaired) electrons. The minimum atomic E-state index is 0.542. The van der Waals surface area contributed by atoms with Gasteiger partial charge in [-0.1, -0.05) is 68.1 Å². The third-order valence-corrected chi connectivity index (χ3v) is 3.30. The van der Waals surface area contributed by atoms with E-state index in [-0.39, 0.29) is 0 Å². The van der Waals surface area contributed by atoms with E-state index < -0.39 is 0 Å². The highest BCUT2D eigenvalue weighted by molar-refractivity contribution is 5.91. The van der Waals surface area contributed by atoms with Crippen molar-refractivity contribution in [2.24, 2.45) is 0 Å². The first-order chi connectivity index (χ1) is 9.54. The standard InChI is InChI=1S/C19H22O/c1-6-15(5)12-16(13-20)17(7-2)19-11-9-8-10-18(19)14(3)4/h6,8-11,13H,1,3,5,7,12H2,2,4H3. The summed E-state index contributed by atoms with van der Waals surface area (Å²) in [5.41, 5.74) is 5.85. The Labute approximate surface area is 122 Å². The Bertz CT molecular complexity index is 573. The van der Waals surface area contributed by atoms with Crippen molar-refractivity contribution < 1.29 is 4.79 Å². The van der Waals surface area contributed by atoms with Crippen LogP contribution in [0, 0.1) is 0 Å².